The number of hydrogen-bond donors (Lipinski definition) is 0. The number of hydrogen-bond acceptors (Lipinski definition) is 6. The van der Waals surface area contributed by atoms with E-state index in [9.17, 15) is 9.18 Å². The number of thiophene rings is 1. The van der Waals surface area contributed by atoms with Gasteiger partial charge in [-0.25, -0.2) is 9.37 Å². The summed E-state index contributed by atoms with van der Waals surface area (Å²) in [5.74, 6) is 0.488. The molecule has 1 aliphatic rings. The first-order valence-corrected chi connectivity index (χ1v) is 11.8. The molecule has 6 nitrogen and oxygen atoms in total. The lowest BCUT2D eigenvalue weighted by molar-refractivity contribution is 0.0358. The average molecular weight is 466 g/mol. The molecule has 8 heteroatoms. The minimum atomic E-state index is -0.287. The lowest BCUT2D eigenvalue weighted by Gasteiger charge is -2.26. The lowest BCUT2D eigenvalue weighted by Crippen LogP contribution is -2.37. The molecular weight excluding hydrogens is 441 g/mol. The number of morpholine rings is 1. The number of aromatic nitrogens is 2. The average Bonchev–Trinajstić information content (AvgIpc) is 3.29. The fourth-order valence-electron chi connectivity index (χ4n) is 3.86. The van der Waals surface area contributed by atoms with Crippen LogP contribution < -0.4 is 10.3 Å². The van der Waals surface area contributed by atoms with Crippen molar-refractivity contribution >= 4 is 21.6 Å². The predicted molar refractivity (Wildman–Crippen MR) is 128 cm³/mol. The highest BCUT2D eigenvalue weighted by atomic mass is 32.1. The molecule has 1 fully saturated rings. The Morgan fingerprint density at radius 3 is 2.58 bits per heavy atom. The number of rotatable bonds is 7. The Balaban J connectivity index is 1.27. The smallest absolute Gasteiger partial charge is 0.275 e. The van der Waals surface area contributed by atoms with Gasteiger partial charge in [0.2, 0.25) is 0 Å². The van der Waals surface area contributed by atoms with Gasteiger partial charge in [0.15, 0.2) is 0 Å². The summed E-state index contributed by atoms with van der Waals surface area (Å²) >= 11 is 1.37. The van der Waals surface area contributed by atoms with E-state index in [1.165, 1.54) is 28.0 Å². The van der Waals surface area contributed by atoms with Gasteiger partial charge in [0.25, 0.3) is 5.56 Å². The van der Waals surface area contributed by atoms with Crippen molar-refractivity contribution in [1.82, 2.24) is 14.5 Å². The molecule has 4 aromatic rings. The standard InChI is InChI=1S/C25H24FN3O3S/c26-19-4-2-18(3-5-19)23-16-22-24(33-23)25(30)29(17-27-22)20-6-8-21(9-7-20)32-13-1-10-28-11-14-31-15-12-28/h2-9,16-17H,1,10-15H2. The minimum absolute atomic E-state index is 0.127. The van der Waals surface area contributed by atoms with Crippen LogP contribution in [0.3, 0.4) is 0 Å². The van der Waals surface area contributed by atoms with E-state index in [0.29, 0.717) is 16.8 Å². The number of halogens is 1. The van der Waals surface area contributed by atoms with Crippen LogP contribution in [0.1, 0.15) is 6.42 Å². The summed E-state index contributed by atoms with van der Waals surface area (Å²) in [4.78, 5) is 20.8. The zero-order chi connectivity index (χ0) is 22.6. The van der Waals surface area contributed by atoms with Crippen molar-refractivity contribution < 1.29 is 13.9 Å². The zero-order valence-electron chi connectivity index (χ0n) is 18.1. The van der Waals surface area contributed by atoms with Crippen molar-refractivity contribution in [2.75, 3.05) is 39.5 Å². The van der Waals surface area contributed by atoms with Crippen LogP contribution in [0, 0.1) is 5.82 Å². The van der Waals surface area contributed by atoms with E-state index in [0.717, 1.165) is 61.1 Å². The van der Waals surface area contributed by atoms with Crippen LogP contribution in [-0.4, -0.2) is 53.9 Å². The molecule has 170 valence electrons. The molecule has 3 heterocycles. The summed E-state index contributed by atoms with van der Waals surface area (Å²) in [6.07, 6.45) is 2.50. The molecule has 0 aliphatic carbocycles. The second kappa shape index (κ2) is 9.82. The van der Waals surface area contributed by atoms with Crippen molar-refractivity contribution in [2.24, 2.45) is 0 Å². The molecule has 0 spiro atoms. The number of fused-ring (bicyclic) bond motifs is 1. The Labute approximate surface area is 194 Å². The third kappa shape index (κ3) is 4.98. The van der Waals surface area contributed by atoms with E-state index in [2.05, 4.69) is 9.88 Å². The van der Waals surface area contributed by atoms with Gasteiger partial charge >= 0.3 is 0 Å². The highest BCUT2D eigenvalue weighted by Gasteiger charge is 2.12. The summed E-state index contributed by atoms with van der Waals surface area (Å²) in [6, 6.07) is 15.6. The van der Waals surface area contributed by atoms with Crippen molar-refractivity contribution in [3.63, 3.8) is 0 Å². The molecule has 0 saturated carbocycles. The summed E-state index contributed by atoms with van der Waals surface area (Å²) in [6.45, 7) is 5.23. The summed E-state index contributed by atoms with van der Waals surface area (Å²) in [5.41, 5.74) is 2.10. The van der Waals surface area contributed by atoms with Crippen molar-refractivity contribution in [3.05, 3.63) is 77.1 Å². The SMILES string of the molecule is O=c1c2sc(-c3ccc(F)cc3)cc2ncn1-c1ccc(OCCCN2CCOCC2)cc1. The van der Waals surface area contributed by atoms with Crippen LogP contribution >= 0.6 is 11.3 Å². The summed E-state index contributed by atoms with van der Waals surface area (Å²) in [5, 5.41) is 0. The van der Waals surface area contributed by atoms with Gasteiger partial charge in [0.1, 0.15) is 22.6 Å². The normalized spacial score (nSPS) is 14.6. The molecule has 0 N–H and O–H groups in total. The van der Waals surface area contributed by atoms with Gasteiger partial charge in [0, 0.05) is 24.5 Å². The van der Waals surface area contributed by atoms with Gasteiger partial charge in [-0.3, -0.25) is 14.3 Å². The third-order valence-corrected chi connectivity index (χ3v) is 6.83. The first-order chi connectivity index (χ1) is 16.2. The fourth-order valence-corrected chi connectivity index (χ4v) is 4.90. The van der Waals surface area contributed by atoms with Gasteiger partial charge in [-0.05, 0) is 54.4 Å². The monoisotopic (exact) mass is 465 g/mol. The van der Waals surface area contributed by atoms with Crippen LogP contribution in [0.4, 0.5) is 4.39 Å². The van der Waals surface area contributed by atoms with Gasteiger partial charge in [0.05, 0.1) is 31.0 Å². The molecule has 0 unspecified atom stereocenters. The van der Waals surface area contributed by atoms with Crippen LogP contribution in [0.2, 0.25) is 0 Å². The van der Waals surface area contributed by atoms with Crippen LogP contribution in [0.5, 0.6) is 5.75 Å². The molecule has 1 saturated heterocycles. The first-order valence-electron chi connectivity index (χ1n) is 11.0. The number of nitrogens with zero attached hydrogens (tertiary/aromatic N) is 3. The third-order valence-electron chi connectivity index (χ3n) is 5.67. The summed E-state index contributed by atoms with van der Waals surface area (Å²) in [7, 11) is 0. The quantitative estimate of drug-likeness (QED) is 0.380. The van der Waals surface area contributed by atoms with Gasteiger partial charge in [-0.1, -0.05) is 12.1 Å². The van der Waals surface area contributed by atoms with Crippen molar-refractivity contribution in [2.45, 2.75) is 6.42 Å². The topological polar surface area (TPSA) is 56.6 Å². The number of benzene rings is 2. The Kier molecular flexibility index (Phi) is 6.48. The molecule has 2 aromatic carbocycles. The molecule has 33 heavy (non-hydrogen) atoms. The van der Waals surface area contributed by atoms with E-state index in [1.54, 1.807) is 18.5 Å². The summed E-state index contributed by atoms with van der Waals surface area (Å²) < 4.78 is 26.6. The molecule has 0 amide bonds. The second-order valence-corrected chi connectivity index (χ2v) is 8.95. The highest BCUT2D eigenvalue weighted by molar-refractivity contribution is 7.22. The maximum atomic E-state index is 13.2. The Hall–Kier alpha value is -3.07. The van der Waals surface area contributed by atoms with Gasteiger partial charge < -0.3 is 9.47 Å². The van der Waals surface area contributed by atoms with E-state index in [4.69, 9.17) is 9.47 Å². The lowest BCUT2D eigenvalue weighted by atomic mass is 10.2. The van der Waals surface area contributed by atoms with E-state index in [-0.39, 0.29) is 11.4 Å². The van der Waals surface area contributed by atoms with Crippen LogP contribution in [0.25, 0.3) is 26.3 Å². The van der Waals surface area contributed by atoms with Crippen LogP contribution in [-0.2, 0) is 4.74 Å². The van der Waals surface area contributed by atoms with Crippen LogP contribution in [0.15, 0.2) is 65.7 Å². The van der Waals surface area contributed by atoms with Gasteiger partial charge in [-0.15, -0.1) is 11.3 Å². The van der Waals surface area contributed by atoms with E-state index < -0.39 is 0 Å². The Morgan fingerprint density at radius 1 is 1.06 bits per heavy atom. The fraction of sp³-hybridized carbons (Fsp3) is 0.280. The van der Waals surface area contributed by atoms with Crippen molar-refractivity contribution in [1.29, 1.82) is 0 Å². The molecule has 0 radical (unpaired) electrons. The molecular formula is C25H24FN3O3S. The zero-order valence-corrected chi connectivity index (χ0v) is 18.9. The Bertz CT molecular complexity index is 1280. The van der Waals surface area contributed by atoms with E-state index >= 15 is 0 Å². The maximum Gasteiger partial charge on any atom is 0.275 e. The molecule has 0 atom stereocenters. The molecule has 2 aromatic heterocycles. The first kappa shape index (κ1) is 21.8. The molecule has 1 aliphatic heterocycles. The Morgan fingerprint density at radius 2 is 1.82 bits per heavy atom. The second-order valence-electron chi connectivity index (χ2n) is 7.90. The largest absolute Gasteiger partial charge is 0.494 e. The number of ether oxygens (including phenoxy) is 2. The maximum absolute atomic E-state index is 13.2. The highest BCUT2D eigenvalue weighted by Crippen LogP contribution is 2.31. The molecule has 0 bridgehead atoms. The predicted octanol–water partition coefficient (Wildman–Crippen LogP) is 4.35. The van der Waals surface area contributed by atoms with E-state index in [1.807, 2.05) is 30.3 Å². The minimum Gasteiger partial charge on any atom is -0.494 e. The molecule has 5 rings (SSSR count). The van der Waals surface area contributed by atoms with Crippen molar-refractivity contribution in [3.8, 4) is 21.9 Å². The van der Waals surface area contributed by atoms with Gasteiger partial charge in [-0.2, -0.15) is 0 Å².